The van der Waals surface area contributed by atoms with E-state index in [0.29, 0.717) is 17.4 Å². The Kier molecular flexibility index (Phi) is 4.55. The number of aromatic nitrogens is 1. The molecule has 0 spiro atoms. The summed E-state index contributed by atoms with van der Waals surface area (Å²) in [5, 5.41) is 3.79. The molecule has 0 bridgehead atoms. The summed E-state index contributed by atoms with van der Waals surface area (Å²) in [5.74, 6) is -0.237. The van der Waals surface area contributed by atoms with Gasteiger partial charge >= 0.3 is 6.36 Å². The minimum atomic E-state index is -4.69. The van der Waals surface area contributed by atoms with Crippen LogP contribution in [0.5, 0.6) is 5.75 Å². The van der Waals surface area contributed by atoms with Crippen LogP contribution in [0.15, 0.2) is 24.3 Å². The lowest BCUT2D eigenvalue weighted by atomic mass is 10.1. The Bertz CT molecular complexity index is 626. The van der Waals surface area contributed by atoms with Crippen LogP contribution in [0.3, 0.4) is 0 Å². The monoisotopic (exact) mass is 298 g/mol. The standard InChI is InChI=1S/C15H17F3N2O/c1-3-5-10-8-14(19-4-2)12-9-11(21-15(16,17)18)6-7-13(12)20-10/h6-9H,3-5H2,1-2H3,(H,19,20). The fraction of sp³-hybridized carbons (Fsp3) is 0.400. The van der Waals surface area contributed by atoms with Crippen molar-refractivity contribution in [3.63, 3.8) is 0 Å². The van der Waals surface area contributed by atoms with E-state index in [1.807, 2.05) is 13.0 Å². The molecule has 0 atom stereocenters. The Morgan fingerprint density at radius 3 is 2.57 bits per heavy atom. The summed E-state index contributed by atoms with van der Waals surface area (Å²) in [6.45, 7) is 4.66. The zero-order valence-electron chi connectivity index (χ0n) is 11.9. The smallest absolute Gasteiger partial charge is 0.406 e. The highest BCUT2D eigenvalue weighted by Crippen LogP contribution is 2.30. The average molecular weight is 298 g/mol. The third-order valence-corrected chi connectivity index (χ3v) is 2.94. The Morgan fingerprint density at radius 1 is 1.19 bits per heavy atom. The van der Waals surface area contributed by atoms with Crippen LogP contribution in [0.1, 0.15) is 26.0 Å². The first kappa shape index (κ1) is 15.4. The number of ether oxygens (including phenoxy) is 1. The van der Waals surface area contributed by atoms with E-state index < -0.39 is 6.36 Å². The van der Waals surface area contributed by atoms with Gasteiger partial charge in [-0.25, -0.2) is 0 Å². The number of aryl methyl sites for hydroxylation is 1. The van der Waals surface area contributed by atoms with Crippen molar-refractivity contribution < 1.29 is 17.9 Å². The predicted octanol–water partition coefficient (Wildman–Crippen LogP) is 4.52. The van der Waals surface area contributed by atoms with Crippen LogP contribution >= 0.6 is 0 Å². The highest BCUT2D eigenvalue weighted by atomic mass is 19.4. The van der Waals surface area contributed by atoms with Gasteiger partial charge in [0.2, 0.25) is 0 Å². The molecule has 21 heavy (non-hydrogen) atoms. The number of pyridine rings is 1. The molecule has 6 heteroatoms. The maximum Gasteiger partial charge on any atom is 0.573 e. The second-order valence-electron chi connectivity index (χ2n) is 4.67. The van der Waals surface area contributed by atoms with Crippen LogP contribution < -0.4 is 10.1 Å². The van der Waals surface area contributed by atoms with E-state index in [2.05, 4.69) is 22.0 Å². The van der Waals surface area contributed by atoms with E-state index in [-0.39, 0.29) is 5.75 Å². The van der Waals surface area contributed by atoms with E-state index in [1.54, 1.807) is 6.07 Å². The summed E-state index contributed by atoms with van der Waals surface area (Å²) in [5.41, 5.74) is 2.36. The van der Waals surface area contributed by atoms with Gasteiger partial charge in [0, 0.05) is 23.3 Å². The third kappa shape index (κ3) is 4.00. The van der Waals surface area contributed by atoms with E-state index in [1.165, 1.54) is 12.1 Å². The number of hydrogen-bond donors (Lipinski definition) is 1. The van der Waals surface area contributed by atoms with Gasteiger partial charge in [0.1, 0.15) is 5.75 Å². The molecule has 0 radical (unpaired) electrons. The molecule has 0 amide bonds. The van der Waals surface area contributed by atoms with Gasteiger partial charge < -0.3 is 10.1 Å². The molecular formula is C15H17F3N2O. The zero-order valence-corrected chi connectivity index (χ0v) is 11.9. The Morgan fingerprint density at radius 2 is 1.95 bits per heavy atom. The fourth-order valence-electron chi connectivity index (χ4n) is 2.18. The minimum absolute atomic E-state index is 0.237. The molecule has 0 aliphatic heterocycles. The fourth-order valence-corrected chi connectivity index (χ4v) is 2.18. The normalized spacial score (nSPS) is 11.7. The lowest BCUT2D eigenvalue weighted by molar-refractivity contribution is -0.274. The number of anilines is 1. The molecule has 114 valence electrons. The van der Waals surface area contributed by atoms with Gasteiger partial charge in [-0.3, -0.25) is 4.98 Å². The van der Waals surface area contributed by atoms with Crippen molar-refractivity contribution in [2.24, 2.45) is 0 Å². The topological polar surface area (TPSA) is 34.1 Å². The minimum Gasteiger partial charge on any atom is -0.406 e. The molecule has 0 saturated carbocycles. The van der Waals surface area contributed by atoms with Gasteiger partial charge in [-0.2, -0.15) is 0 Å². The van der Waals surface area contributed by atoms with Gasteiger partial charge in [-0.1, -0.05) is 13.3 Å². The van der Waals surface area contributed by atoms with Crippen LogP contribution in [0.4, 0.5) is 18.9 Å². The van der Waals surface area contributed by atoms with Crippen LogP contribution in [0.2, 0.25) is 0 Å². The molecular weight excluding hydrogens is 281 g/mol. The molecule has 1 aromatic heterocycles. The molecule has 0 saturated heterocycles. The van der Waals surface area contributed by atoms with E-state index in [4.69, 9.17) is 0 Å². The van der Waals surface area contributed by atoms with E-state index >= 15 is 0 Å². The summed E-state index contributed by atoms with van der Waals surface area (Å²) in [4.78, 5) is 4.47. The highest BCUT2D eigenvalue weighted by molar-refractivity contribution is 5.92. The molecule has 2 aromatic rings. The zero-order chi connectivity index (χ0) is 15.5. The quantitative estimate of drug-likeness (QED) is 0.881. The van der Waals surface area contributed by atoms with Gasteiger partial charge in [-0.15, -0.1) is 13.2 Å². The first-order chi connectivity index (χ1) is 9.93. The summed E-state index contributed by atoms with van der Waals surface area (Å²) < 4.78 is 40.9. The highest BCUT2D eigenvalue weighted by Gasteiger charge is 2.31. The number of rotatable bonds is 5. The molecule has 1 aromatic carbocycles. The Hall–Kier alpha value is -1.98. The molecule has 0 unspecified atom stereocenters. The third-order valence-electron chi connectivity index (χ3n) is 2.94. The Labute approximate surface area is 121 Å². The first-order valence-electron chi connectivity index (χ1n) is 6.86. The number of nitrogens with zero attached hydrogens (tertiary/aromatic N) is 1. The number of hydrogen-bond acceptors (Lipinski definition) is 3. The summed E-state index contributed by atoms with van der Waals surface area (Å²) in [6, 6.07) is 6.08. The van der Waals surface area contributed by atoms with Crippen molar-refractivity contribution in [2.75, 3.05) is 11.9 Å². The van der Waals surface area contributed by atoms with Crippen LogP contribution in [0, 0.1) is 0 Å². The molecule has 1 N–H and O–H groups in total. The van der Waals surface area contributed by atoms with Crippen LogP contribution in [-0.4, -0.2) is 17.9 Å². The van der Waals surface area contributed by atoms with Crippen LogP contribution in [0.25, 0.3) is 10.9 Å². The second-order valence-corrected chi connectivity index (χ2v) is 4.67. The van der Waals surface area contributed by atoms with Crippen molar-refractivity contribution in [1.82, 2.24) is 4.98 Å². The summed E-state index contributed by atoms with van der Waals surface area (Å²) in [6.07, 6.45) is -2.91. The van der Waals surface area contributed by atoms with E-state index in [9.17, 15) is 13.2 Å². The van der Waals surface area contributed by atoms with Gasteiger partial charge in [0.25, 0.3) is 0 Å². The average Bonchev–Trinajstić information content (AvgIpc) is 2.38. The number of fused-ring (bicyclic) bond motifs is 1. The van der Waals surface area contributed by atoms with Crippen molar-refractivity contribution in [3.8, 4) is 5.75 Å². The molecule has 0 aliphatic carbocycles. The van der Waals surface area contributed by atoms with Crippen molar-refractivity contribution in [2.45, 2.75) is 33.1 Å². The van der Waals surface area contributed by atoms with Gasteiger partial charge in [0.05, 0.1) is 5.52 Å². The van der Waals surface area contributed by atoms with Crippen molar-refractivity contribution in [1.29, 1.82) is 0 Å². The predicted molar refractivity (Wildman–Crippen MR) is 76.6 cm³/mol. The largest absolute Gasteiger partial charge is 0.573 e. The van der Waals surface area contributed by atoms with Crippen molar-refractivity contribution in [3.05, 3.63) is 30.0 Å². The maximum absolute atomic E-state index is 12.3. The first-order valence-corrected chi connectivity index (χ1v) is 6.86. The molecule has 0 fully saturated rings. The number of benzene rings is 1. The maximum atomic E-state index is 12.3. The SMILES string of the molecule is CCCc1cc(NCC)c2cc(OC(F)(F)F)ccc2n1. The van der Waals surface area contributed by atoms with Crippen molar-refractivity contribution >= 4 is 16.6 Å². The molecule has 0 aliphatic rings. The molecule has 2 rings (SSSR count). The lowest BCUT2D eigenvalue weighted by Crippen LogP contribution is -2.17. The lowest BCUT2D eigenvalue weighted by Gasteiger charge is -2.13. The second kappa shape index (κ2) is 6.20. The summed E-state index contributed by atoms with van der Waals surface area (Å²) >= 11 is 0. The van der Waals surface area contributed by atoms with Gasteiger partial charge in [-0.05, 0) is 37.6 Å². The van der Waals surface area contributed by atoms with Crippen LogP contribution in [-0.2, 0) is 6.42 Å². The molecule has 1 heterocycles. The van der Waals surface area contributed by atoms with Gasteiger partial charge in [0.15, 0.2) is 0 Å². The van der Waals surface area contributed by atoms with E-state index in [0.717, 1.165) is 24.2 Å². The number of alkyl halides is 3. The summed E-state index contributed by atoms with van der Waals surface area (Å²) in [7, 11) is 0. The number of halogens is 3. The number of nitrogens with one attached hydrogen (secondary N) is 1. The Balaban J connectivity index is 2.48. The molecule has 3 nitrogen and oxygen atoms in total.